The monoisotopic (exact) mass is 1910 g/mol. The van der Waals surface area contributed by atoms with Gasteiger partial charge in [-0.3, -0.25) is 0 Å². The molecule has 0 bridgehead atoms. The second-order valence-corrected chi connectivity index (χ2v) is 35.4. The summed E-state index contributed by atoms with van der Waals surface area (Å²) in [5.41, 5.74) is 13.6. The van der Waals surface area contributed by atoms with Crippen LogP contribution in [0.4, 0.5) is 68.2 Å². The Morgan fingerprint density at radius 2 is 0.456 bits per heavy atom. The Labute approximate surface area is 541 Å². The molecule has 0 radical (unpaired) electrons. The Morgan fingerprint density at radius 1 is 0.354 bits per heavy atom. The van der Waals surface area contributed by atoms with Gasteiger partial charge < -0.3 is 72.8 Å². The van der Waals surface area contributed by atoms with E-state index in [0.29, 0.717) is 0 Å². The summed E-state index contributed by atoms with van der Waals surface area (Å²) >= 11 is 20.5. The molecular weight excluding hydrogens is 1840 g/mol. The molecule has 0 saturated heterocycles. The maximum atomic E-state index is 7.13. The second kappa shape index (κ2) is 46.0. The molecule has 23 heteroatoms. The molecule has 0 aliphatic carbocycles. The Balaban J connectivity index is 0. The number of nitrogens with one attached hydrogen (secondary N) is 6. The number of hydrogen-bond acceptors (Lipinski definition) is 14. The van der Waals surface area contributed by atoms with Crippen molar-refractivity contribution in [2.24, 2.45) is 0 Å². The predicted molar refractivity (Wildman–Crippen MR) is 357 cm³/mol. The Morgan fingerprint density at radius 3 is 0.570 bits per heavy atom. The molecule has 6 heterocycles. The number of isothiocyanates is 2. The third-order valence-corrected chi connectivity index (χ3v) is 9.66. The first-order valence-electron chi connectivity index (χ1n) is 23.3. The number of anilines is 12. The van der Waals surface area contributed by atoms with Crippen molar-refractivity contribution in [2.75, 3.05) is 62.0 Å². The second-order valence-electron chi connectivity index (χ2n) is 15.2. The van der Waals surface area contributed by atoms with Crippen molar-refractivity contribution in [1.82, 2.24) is 0 Å². The van der Waals surface area contributed by atoms with Crippen molar-refractivity contribution in [3.63, 3.8) is 0 Å². The molecule has 79 heavy (non-hydrogen) atoms. The molecule has 6 aromatic carbocycles. The van der Waals surface area contributed by atoms with Crippen LogP contribution in [-0.4, -0.2) is 10.3 Å². The van der Waals surface area contributed by atoms with Gasteiger partial charge in [-0.2, -0.15) is 10.3 Å². The summed E-state index contributed by atoms with van der Waals surface area (Å²) in [6.45, 7) is 24.5. The zero-order valence-electron chi connectivity index (χ0n) is 42.3. The fourth-order valence-corrected chi connectivity index (χ4v) is 7.04. The van der Waals surface area contributed by atoms with E-state index in [9.17, 15) is 0 Å². The summed E-state index contributed by atoms with van der Waals surface area (Å²) in [4.78, 5) is 0. The number of rotatable bonds is 3. The Kier molecular flexibility index (Phi) is 45.2. The number of fused-ring (bicyclic) bond motifs is 6. The minimum Gasteiger partial charge on any atom is -0.753 e. The van der Waals surface area contributed by atoms with Crippen LogP contribution in [0.3, 0.4) is 0 Å². The van der Waals surface area contributed by atoms with Crippen molar-refractivity contribution < 1.29 is 50.0 Å². The maximum Gasteiger partial charge on any atom is 4.00 e. The predicted octanol–water partition coefficient (Wildman–Crippen LogP) is 19.9. The fraction of sp³-hybridized carbons (Fsp3) is 0.214. The van der Waals surface area contributed by atoms with Gasteiger partial charge in [0.15, 0.2) is 0 Å². The van der Waals surface area contributed by atoms with Crippen molar-refractivity contribution in [2.45, 2.75) is 83.1 Å². The van der Waals surface area contributed by atoms with Crippen LogP contribution in [0.15, 0.2) is 146 Å². The minimum absolute atomic E-state index is 0. The smallest absolute Gasteiger partial charge is 0.753 e. The van der Waals surface area contributed by atoms with Crippen LogP contribution in [0, 0.1) is 40.0 Å². The molecule has 0 saturated carbocycles. The van der Waals surface area contributed by atoms with Gasteiger partial charge in [0.25, 0.3) is 0 Å². The zero-order chi connectivity index (χ0) is 54.8. The largest absolute Gasteiger partial charge is 4.00 e. The van der Waals surface area contributed by atoms with E-state index >= 15 is 0 Å². The van der Waals surface area contributed by atoms with E-state index < -0.39 is 0 Å². The molecule has 0 amide bonds. The molecule has 6 aliphatic heterocycles. The Bertz CT molecular complexity index is 2200. The van der Waals surface area contributed by atoms with Gasteiger partial charge in [0.1, 0.15) is 0 Å². The van der Waals surface area contributed by atoms with Gasteiger partial charge in [-0.25, -0.2) is 0 Å². The van der Waals surface area contributed by atoms with E-state index in [4.69, 9.17) is 10.8 Å². The van der Waals surface area contributed by atoms with Crippen molar-refractivity contribution in [3.8, 4) is 0 Å². The number of para-hydroxylation sites is 12. The normalized spacial score (nSPS) is 12.4. The minimum atomic E-state index is 0. The number of benzene rings is 6. The van der Waals surface area contributed by atoms with Crippen LogP contribution in [0.2, 0.25) is 0 Å². The standard InChI is InChI=1S/3C14H12N4.3C3H8.2CNS.3CH4.4BrH.3Pt/c3*1-3-7-13-11(5-1)15-9-17(13)18-10-16-12-6-2-4-8-14(12)18;3*1-3-2;2*2-1-3;;;;;;;;;;/h3*1-10,15-16H;3*3H2,1-2H3;;;3*1H4;4*1H;;;/q3*-2;;;;2*-1;;;;;;;;3*+4/p-4. The first-order chi connectivity index (χ1) is 36.7. The molecule has 12 rings (SSSR count). The third-order valence-electron chi connectivity index (χ3n) is 9.66. The van der Waals surface area contributed by atoms with Gasteiger partial charge >= 0.3 is 103 Å². The van der Waals surface area contributed by atoms with Crippen LogP contribution < -0.4 is 62.0 Å². The molecule has 436 valence electrons. The van der Waals surface area contributed by atoms with Crippen LogP contribution >= 0.6 is 77.6 Å². The number of hydrazine groups is 3. The van der Waals surface area contributed by atoms with Crippen LogP contribution in [0.25, 0.3) is 10.8 Å². The van der Waals surface area contributed by atoms with Crippen molar-refractivity contribution >= 4 is 156 Å². The first kappa shape index (κ1) is 77.6. The molecule has 0 spiro atoms. The van der Waals surface area contributed by atoms with Crippen LogP contribution in [0.1, 0.15) is 83.1 Å². The molecule has 0 unspecified atom stereocenters. The van der Waals surface area contributed by atoms with Gasteiger partial charge in [0.2, 0.25) is 0 Å². The summed E-state index contributed by atoms with van der Waals surface area (Å²) in [5.74, 6) is 0. The quantitative estimate of drug-likeness (QED) is 0.0570. The topological polar surface area (TPSA) is 136 Å². The van der Waals surface area contributed by atoms with Crippen LogP contribution in [0.5, 0.6) is 0 Å². The maximum absolute atomic E-state index is 7.13. The molecule has 6 aromatic rings. The van der Waals surface area contributed by atoms with Gasteiger partial charge in [-0.1, -0.05) is 180 Å². The summed E-state index contributed by atoms with van der Waals surface area (Å²) in [7, 11) is 0. The Hall–Kier alpha value is -3.50. The van der Waals surface area contributed by atoms with E-state index in [1.807, 2.05) is 113 Å². The SMILES string of the molecule is C.C.C.CCC.CCC.CCC.[Br][Pt+2][Br].[Br][Pt+2][Br].[N-]=C=S.[N-]=C=S.[Pt+4].c1ccc2c(c1)N[CH-]N2N1[CH-]Nc2ccccc21.c1ccc2c(c1)N[CH-]N2N1[CH-]Nc2ccccc21.c1ccc2c(c1)N[CH-]N2N1[CH-]Nc2ccccc21. The van der Waals surface area contributed by atoms with E-state index in [0.717, 1.165) is 68.2 Å². The average molecular weight is 1910 g/mol. The molecule has 6 N–H and O–H groups in total. The zero-order valence-corrected chi connectivity index (χ0v) is 57.1. The number of halogens is 4. The summed E-state index contributed by atoms with van der Waals surface area (Å²) in [6, 6.07) is 49.5. The number of hydrogen-bond donors (Lipinski definition) is 6. The van der Waals surface area contributed by atoms with Gasteiger partial charge in [0.05, 0.1) is 0 Å². The van der Waals surface area contributed by atoms with E-state index in [1.54, 1.807) is 0 Å². The van der Waals surface area contributed by atoms with Crippen molar-refractivity contribution in [3.05, 3.63) is 196 Å². The average Bonchev–Trinajstić information content (AvgIpc) is 4.31. The van der Waals surface area contributed by atoms with Crippen molar-refractivity contribution in [1.29, 1.82) is 0 Å². The molecule has 6 aliphatic rings. The summed E-state index contributed by atoms with van der Waals surface area (Å²) in [6.07, 6.45) is 3.75. The summed E-state index contributed by atoms with van der Waals surface area (Å²) < 4.78 is 0. The van der Waals surface area contributed by atoms with Crippen LogP contribution in [-0.2, 0) is 50.0 Å². The number of nitrogens with zero attached hydrogens (tertiary/aromatic N) is 8. The van der Waals surface area contributed by atoms with E-state index in [-0.39, 0.29) is 72.2 Å². The number of thiocarbonyl (C=S) groups is 2. The summed E-state index contributed by atoms with van der Waals surface area (Å²) in [5, 5.41) is 49.1. The van der Waals surface area contributed by atoms with Gasteiger partial charge in [0, 0.05) is 68.2 Å². The fourth-order valence-electron chi connectivity index (χ4n) is 7.04. The first-order valence-corrected chi connectivity index (χ1v) is 43.9. The molecule has 0 fully saturated rings. The molecule has 14 nitrogen and oxygen atoms in total. The van der Waals surface area contributed by atoms with E-state index in [2.05, 4.69) is 254 Å². The third kappa shape index (κ3) is 23.7. The molecule has 0 atom stereocenters. The molecule has 0 aromatic heterocycles. The molecular formula is C56H72Br4N14Pt3S2. The van der Waals surface area contributed by atoms with Gasteiger partial charge in [-0.15, -0.1) is 40.0 Å². The van der Waals surface area contributed by atoms with Gasteiger partial charge in [-0.05, 0) is 72.8 Å². The van der Waals surface area contributed by atoms with E-state index in [1.165, 1.54) is 29.6 Å².